The maximum Gasteiger partial charge on any atom is 0.147 e. The van der Waals surface area contributed by atoms with Crippen molar-refractivity contribution >= 4 is 25.8 Å². The highest BCUT2D eigenvalue weighted by molar-refractivity contribution is 9.08. The molecular formula is C12H17BrO4S. The van der Waals surface area contributed by atoms with Gasteiger partial charge in [0.2, 0.25) is 0 Å². The lowest BCUT2D eigenvalue weighted by Gasteiger charge is -2.11. The van der Waals surface area contributed by atoms with E-state index in [-0.39, 0.29) is 5.75 Å². The molecule has 0 heterocycles. The van der Waals surface area contributed by atoms with Gasteiger partial charge < -0.3 is 9.47 Å². The Kier molecular flexibility index (Phi) is 5.95. The number of hydrogen-bond donors (Lipinski definition) is 0. The molecule has 0 atom stereocenters. The molecule has 0 bridgehead atoms. The molecule has 0 amide bonds. The molecule has 102 valence electrons. The van der Waals surface area contributed by atoms with Gasteiger partial charge in [0, 0.05) is 17.1 Å². The summed E-state index contributed by atoms with van der Waals surface area (Å²) in [5.41, 5.74) is 0.980. The van der Waals surface area contributed by atoms with Crippen LogP contribution in [-0.4, -0.2) is 34.1 Å². The van der Waals surface area contributed by atoms with Gasteiger partial charge in [-0.1, -0.05) is 15.9 Å². The van der Waals surface area contributed by atoms with Crippen LogP contribution in [0.2, 0.25) is 0 Å². The summed E-state index contributed by atoms with van der Waals surface area (Å²) in [6.45, 7) is 0.388. The van der Waals surface area contributed by atoms with Crippen LogP contribution in [0.3, 0.4) is 0 Å². The number of ether oxygens (including phenoxy) is 2. The Balaban J connectivity index is 2.56. The second-order valence-corrected chi connectivity index (χ2v) is 6.76. The first-order valence-corrected chi connectivity index (χ1v) is 8.68. The van der Waals surface area contributed by atoms with Gasteiger partial charge in [0.1, 0.15) is 21.3 Å². The number of rotatable bonds is 7. The number of benzene rings is 1. The number of methoxy groups -OCH3 is 1. The van der Waals surface area contributed by atoms with Crippen LogP contribution in [0.25, 0.3) is 0 Å². The molecule has 0 aliphatic rings. The smallest absolute Gasteiger partial charge is 0.147 e. The molecule has 4 nitrogen and oxygen atoms in total. The fourth-order valence-corrected chi connectivity index (χ4v) is 2.51. The normalized spacial score (nSPS) is 11.3. The van der Waals surface area contributed by atoms with Crippen LogP contribution in [-0.2, 0) is 15.2 Å². The maximum absolute atomic E-state index is 11.0. The first-order chi connectivity index (χ1) is 8.46. The Hall–Kier alpha value is -0.750. The van der Waals surface area contributed by atoms with E-state index in [2.05, 4.69) is 15.9 Å². The zero-order chi connectivity index (χ0) is 13.6. The van der Waals surface area contributed by atoms with E-state index in [0.29, 0.717) is 18.4 Å². The predicted octanol–water partition coefficient (Wildman–Crippen LogP) is 2.40. The number of alkyl halides is 1. The molecule has 0 aliphatic carbocycles. The topological polar surface area (TPSA) is 52.6 Å². The Morgan fingerprint density at radius 2 is 2.06 bits per heavy atom. The number of halogens is 1. The molecule has 0 N–H and O–H groups in total. The minimum absolute atomic E-state index is 0.146. The average Bonchev–Trinajstić information content (AvgIpc) is 2.33. The fraction of sp³-hybridized carbons (Fsp3) is 0.500. The lowest BCUT2D eigenvalue weighted by atomic mass is 10.2. The zero-order valence-electron chi connectivity index (χ0n) is 10.5. The minimum Gasteiger partial charge on any atom is -0.497 e. The molecule has 6 heteroatoms. The summed E-state index contributed by atoms with van der Waals surface area (Å²) in [5, 5.41) is 0.658. The number of sulfone groups is 1. The summed E-state index contributed by atoms with van der Waals surface area (Å²) in [4.78, 5) is 0. The lowest BCUT2D eigenvalue weighted by molar-refractivity contribution is 0.314. The molecule has 0 fully saturated rings. The monoisotopic (exact) mass is 336 g/mol. The van der Waals surface area contributed by atoms with E-state index < -0.39 is 9.84 Å². The summed E-state index contributed by atoms with van der Waals surface area (Å²) >= 11 is 3.38. The third kappa shape index (κ3) is 5.27. The van der Waals surface area contributed by atoms with Crippen molar-refractivity contribution in [2.75, 3.05) is 25.7 Å². The average molecular weight is 337 g/mol. The quantitative estimate of drug-likeness (QED) is 0.566. The van der Waals surface area contributed by atoms with Crippen molar-refractivity contribution in [2.45, 2.75) is 11.8 Å². The van der Waals surface area contributed by atoms with Gasteiger partial charge in [-0.15, -0.1) is 0 Å². The summed E-state index contributed by atoms with van der Waals surface area (Å²) in [5.74, 6) is 1.67. The molecule has 18 heavy (non-hydrogen) atoms. The molecule has 1 rings (SSSR count). The van der Waals surface area contributed by atoms with Crippen LogP contribution in [0, 0.1) is 0 Å². The Morgan fingerprint density at radius 3 is 2.61 bits per heavy atom. The van der Waals surface area contributed by atoms with E-state index >= 15 is 0 Å². The van der Waals surface area contributed by atoms with Gasteiger partial charge in [-0.2, -0.15) is 0 Å². The van der Waals surface area contributed by atoms with E-state index in [9.17, 15) is 8.42 Å². The highest BCUT2D eigenvalue weighted by Crippen LogP contribution is 2.26. The van der Waals surface area contributed by atoms with E-state index in [0.717, 1.165) is 17.1 Å². The number of hydrogen-bond acceptors (Lipinski definition) is 4. The standard InChI is InChI=1S/C12H17BrO4S/c1-16-11-4-5-12(10(8-11)9-13)17-6-3-7-18(2,14)15/h4-5,8H,3,6-7,9H2,1-2H3. The van der Waals surface area contributed by atoms with Gasteiger partial charge in [-0.3, -0.25) is 0 Å². The van der Waals surface area contributed by atoms with E-state index in [1.165, 1.54) is 6.26 Å². The van der Waals surface area contributed by atoms with Crippen molar-refractivity contribution in [3.05, 3.63) is 23.8 Å². The Morgan fingerprint density at radius 1 is 1.33 bits per heavy atom. The molecule has 1 aromatic rings. The molecule has 0 radical (unpaired) electrons. The summed E-state index contributed by atoms with van der Waals surface area (Å²) < 4.78 is 32.6. The van der Waals surface area contributed by atoms with Gasteiger partial charge in [-0.05, 0) is 24.6 Å². The second-order valence-electron chi connectivity index (χ2n) is 3.94. The van der Waals surface area contributed by atoms with Gasteiger partial charge in [-0.25, -0.2) is 8.42 Å². The van der Waals surface area contributed by atoms with Crippen LogP contribution in [0.15, 0.2) is 18.2 Å². The molecule has 0 spiro atoms. The summed E-state index contributed by atoms with van der Waals surface area (Å²) in [6.07, 6.45) is 1.72. The van der Waals surface area contributed by atoms with Crippen molar-refractivity contribution in [1.82, 2.24) is 0 Å². The first kappa shape index (κ1) is 15.3. The molecule has 0 aliphatic heterocycles. The van der Waals surface area contributed by atoms with Crippen LogP contribution >= 0.6 is 15.9 Å². The predicted molar refractivity (Wildman–Crippen MR) is 75.4 cm³/mol. The SMILES string of the molecule is COc1ccc(OCCCS(C)(=O)=O)c(CBr)c1. The molecule has 1 aromatic carbocycles. The fourth-order valence-electron chi connectivity index (χ4n) is 1.43. The largest absolute Gasteiger partial charge is 0.497 e. The maximum atomic E-state index is 11.0. The third-order valence-electron chi connectivity index (χ3n) is 2.33. The molecule has 0 saturated heterocycles. The van der Waals surface area contributed by atoms with E-state index in [4.69, 9.17) is 9.47 Å². The van der Waals surface area contributed by atoms with Gasteiger partial charge in [0.05, 0.1) is 19.5 Å². The van der Waals surface area contributed by atoms with Gasteiger partial charge in [0.15, 0.2) is 0 Å². The zero-order valence-corrected chi connectivity index (χ0v) is 12.9. The summed E-state index contributed by atoms with van der Waals surface area (Å²) in [6, 6.07) is 5.54. The van der Waals surface area contributed by atoms with Gasteiger partial charge in [0.25, 0.3) is 0 Å². The highest BCUT2D eigenvalue weighted by Gasteiger charge is 2.06. The minimum atomic E-state index is -2.91. The van der Waals surface area contributed by atoms with Gasteiger partial charge >= 0.3 is 0 Å². The summed E-state index contributed by atoms with van der Waals surface area (Å²) in [7, 11) is -1.30. The van der Waals surface area contributed by atoms with E-state index in [1.807, 2.05) is 18.2 Å². The Bertz CT molecular complexity index is 485. The van der Waals surface area contributed by atoms with Crippen molar-refractivity contribution in [3.63, 3.8) is 0 Å². The second kappa shape index (κ2) is 6.99. The Labute approximate surface area is 116 Å². The van der Waals surface area contributed by atoms with Crippen LogP contribution < -0.4 is 9.47 Å². The van der Waals surface area contributed by atoms with Crippen molar-refractivity contribution in [2.24, 2.45) is 0 Å². The molecule has 0 saturated carbocycles. The molecule has 0 aromatic heterocycles. The van der Waals surface area contributed by atoms with Crippen LogP contribution in [0.4, 0.5) is 0 Å². The van der Waals surface area contributed by atoms with Crippen LogP contribution in [0.5, 0.6) is 11.5 Å². The lowest BCUT2D eigenvalue weighted by Crippen LogP contribution is -2.08. The van der Waals surface area contributed by atoms with Crippen molar-refractivity contribution < 1.29 is 17.9 Å². The third-order valence-corrected chi connectivity index (χ3v) is 3.96. The first-order valence-electron chi connectivity index (χ1n) is 5.49. The van der Waals surface area contributed by atoms with Crippen molar-refractivity contribution in [3.8, 4) is 11.5 Å². The molecular weight excluding hydrogens is 320 g/mol. The van der Waals surface area contributed by atoms with E-state index in [1.54, 1.807) is 7.11 Å². The highest BCUT2D eigenvalue weighted by atomic mass is 79.9. The molecule has 0 unspecified atom stereocenters. The van der Waals surface area contributed by atoms with Crippen LogP contribution in [0.1, 0.15) is 12.0 Å². The van der Waals surface area contributed by atoms with Crippen molar-refractivity contribution in [1.29, 1.82) is 0 Å².